The number of benzene rings is 1. The highest BCUT2D eigenvalue weighted by atomic mass is 16.6. The highest BCUT2D eigenvalue weighted by molar-refractivity contribution is 5.90. The van der Waals surface area contributed by atoms with Crippen molar-refractivity contribution < 1.29 is 9.53 Å². The molecule has 2 aromatic rings. The van der Waals surface area contributed by atoms with E-state index in [1.165, 1.54) is 0 Å². The number of nitrogens with zero attached hydrogens (tertiary/aromatic N) is 2. The van der Waals surface area contributed by atoms with Crippen molar-refractivity contribution in [3.05, 3.63) is 48.0 Å². The normalized spacial score (nSPS) is 11.2. The van der Waals surface area contributed by atoms with Gasteiger partial charge in [-0.05, 0) is 39.0 Å². The van der Waals surface area contributed by atoms with Gasteiger partial charge in [-0.25, -0.2) is 9.78 Å². The molecule has 0 radical (unpaired) electrons. The summed E-state index contributed by atoms with van der Waals surface area (Å²) in [5.74, 6) is -0.313. The van der Waals surface area contributed by atoms with Crippen molar-refractivity contribution >= 4 is 11.7 Å². The molecule has 0 unspecified atom stereocenters. The summed E-state index contributed by atoms with van der Waals surface area (Å²) in [6, 6.07) is 7.31. The molecule has 0 aliphatic heterocycles. The molecule has 1 aromatic carbocycles. The van der Waals surface area contributed by atoms with Crippen molar-refractivity contribution in [1.82, 2.24) is 9.55 Å². The lowest BCUT2D eigenvalue weighted by molar-refractivity contribution is 0.00696. The summed E-state index contributed by atoms with van der Waals surface area (Å²) in [6.07, 6.45) is 3.57. The van der Waals surface area contributed by atoms with Crippen LogP contribution in [0.3, 0.4) is 0 Å². The minimum atomic E-state index is -0.491. The van der Waals surface area contributed by atoms with Gasteiger partial charge in [0.05, 0.1) is 24.1 Å². The number of ether oxygens (including phenoxy) is 1. The summed E-state index contributed by atoms with van der Waals surface area (Å²) in [5, 5.41) is 3.28. The molecule has 0 saturated carbocycles. The second-order valence-electron chi connectivity index (χ2n) is 5.93. The zero-order valence-electron chi connectivity index (χ0n) is 12.9. The van der Waals surface area contributed by atoms with Crippen molar-refractivity contribution in [3.63, 3.8) is 0 Å². The summed E-state index contributed by atoms with van der Waals surface area (Å²) in [5.41, 5.74) is 1.99. The van der Waals surface area contributed by atoms with Crippen molar-refractivity contribution in [3.8, 4) is 0 Å². The lowest BCUT2D eigenvalue weighted by Gasteiger charge is -2.19. The highest BCUT2D eigenvalue weighted by Gasteiger charge is 2.17. The Morgan fingerprint density at radius 3 is 2.76 bits per heavy atom. The zero-order chi connectivity index (χ0) is 15.5. The molecular weight excluding hydrogens is 266 g/mol. The van der Waals surface area contributed by atoms with Crippen LogP contribution in [0.1, 0.15) is 36.8 Å². The van der Waals surface area contributed by atoms with Gasteiger partial charge < -0.3 is 14.6 Å². The maximum absolute atomic E-state index is 12.0. The molecule has 1 N–H and O–H groups in total. The monoisotopic (exact) mass is 287 g/mol. The molecule has 0 amide bonds. The fraction of sp³-hybridized carbons (Fsp3) is 0.375. The first kappa shape index (κ1) is 15.1. The van der Waals surface area contributed by atoms with Crippen LogP contribution in [0.5, 0.6) is 0 Å². The predicted molar refractivity (Wildman–Crippen MR) is 82.1 cm³/mol. The van der Waals surface area contributed by atoms with Crippen LogP contribution in [0.4, 0.5) is 5.69 Å². The Kier molecular flexibility index (Phi) is 4.31. The molecule has 5 nitrogen and oxygen atoms in total. The van der Waals surface area contributed by atoms with Crippen molar-refractivity contribution in [1.29, 1.82) is 0 Å². The molecule has 0 aliphatic carbocycles. The Morgan fingerprint density at radius 2 is 2.14 bits per heavy atom. The fourth-order valence-corrected chi connectivity index (χ4v) is 1.84. The summed E-state index contributed by atoms with van der Waals surface area (Å²) < 4.78 is 7.32. The second-order valence-corrected chi connectivity index (χ2v) is 5.93. The van der Waals surface area contributed by atoms with Gasteiger partial charge in [-0.1, -0.05) is 6.07 Å². The number of aryl methyl sites for hydroxylation is 1. The molecule has 0 atom stereocenters. The van der Waals surface area contributed by atoms with Crippen molar-refractivity contribution in [2.24, 2.45) is 7.05 Å². The van der Waals surface area contributed by atoms with Gasteiger partial charge in [0.15, 0.2) is 0 Å². The van der Waals surface area contributed by atoms with E-state index in [0.29, 0.717) is 12.1 Å². The molecule has 0 fully saturated rings. The van der Waals surface area contributed by atoms with E-state index in [1.807, 2.05) is 50.7 Å². The molecule has 21 heavy (non-hydrogen) atoms. The Labute approximate surface area is 125 Å². The topological polar surface area (TPSA) is 56.2 Å². The number of anilines is 1. The molecule has 0 bridgehead atoms. The number of nitrogens with one attached hydrogen (secondary N) is 1. The number of aromatic nitrogens is 2. The van der Waals surface area contributed by atoms with Crippen LogP contribution in [0.15, 0.2) is 36.8 Å². The van der Waals surface area contributed by atoms with Gasteiger partial charge in [-0.15, -0.1) is 0 Å². The SMILES string of the molecule is Cn1cncc1CNc1cccc(C(=O)OC(C)(C)C)c1. The summed E-state index contributed by atoms with van der Waals surface area (Å²) >= 11 is 0. The van der Waals surface area contributed by atoms with Gasteiger partial charge >= 0.3 is 5.97 Å². The third-order valence-electron chi connectivity index (χ3n) is 2.89. The lowest BCUT2D eigenvalue weighted by Crippen LogP contribution is -2.23. The van der Waals surface area contributed by atoms with E-state index in [-0.39, 0.29) is 5.97 Å². The molecule has 0 saturated heterocycles. The van der Waals surface area contributed by atoms with Gasteiger partial charge in [0, 0.05) is 18.9 Å². The maximum atomic E-state index is 12.0. The highest BCUT2D eigenvalue weighted by Crippen LogP contribution is 2.16. The Hall–Kier alpha value is -2.30. The van der Waals surface area contributed by atoms with Crippen LogP contribution >= 0.6 is 0 Å². The molecule has 5 heteroatoms. The molecule has 0 spiro atoms. The van der Waals surface area contributed by atoms with Gasteiger partial charge in [-0.3, -0.25) is 0 Å². The molecule has 0 aliphatic rings. The number of carbonyl (C=O) groups excluding carboxylic acids is 1. The summed E-state index contributed by atoms with van der Waals surface area (Å²) in [4.78, 5) is 16.1. The van der Waals surface area contributed by atoms with Gasteiger partial charge in [0.25, 0.3) is 0 Å². The molecule has 112 valence electrons. The first-order chi connectivity index (χ1) is 9.85. The van der Waals surface area contributed by atoms with Crippen molar-refractivity contribution in [2.45, 2.75) is 32.9 Å². The number of rotatable bonds is 4. The minimum Gasteiger partial charge on any atom is -0.456 e. The number of hydrogen-bond acceptors (Lipinski definition) is 4. The van der Waals surface area contributed by atoms with Crippen LogP contribution in [0.25, 0.3) is 0 Å². The molecule has 1 aromatic heterocycles. The average Bonchev–Trinajstić information content (AvgIpc) is 2.80. The van der Waals surface area contributed by atoms with E-state index in [0.717, 1.165) is 11.4 Å². The maximum Gasteiger partial charge on any atom is 0.338 e. The number of hydrogen-bond donors (Lipinski definition) is 1. The molecular formula is C16H21N3O2. The van der Waals surface area contributed by atoms with Gasteiger partial charge in [-0.2, -0.15) is 0 Å². The van der Waals surface area contributed by atoms with Crippen LogP contribution in [-0.2, 0) is 18.3 Å². The number of imidazole rings is 1. The van der Waals surface area contributed by atoms with Gasteiger partial charge in [0.1, 0.15) is 5.60 Å². The van der Waals surface area contributed by atoms with Crippen molar-refractivity contribution in [2.75, 3.05) is 5.32 Å². The van der Waals surface area contributed by atoms with Gasteiger partial charge in [0.2, 0.25) is 0 Å². The smallest absolute Gasteiger partial charge is 0.338 e. The minimum absolute atomic E-state index is 0.313. The molecule has 2 rings (SSSR count). The summed E-state index contributed by atoms with van der Waals surface area (Å²) in [6.45, 7) is 6.22. The van der Waals surface area contributed by atoms with E-state index in [9.17, 15) is 4.79 Å². The number of esters is 1. The third-order valence-corrected chi connectivity index (χ3v) is 2.89. The average molecular weight is 287 g/mol. The summed E-state index contributed by atoms with van der Waals surface area (Å²) in [7, 11) is 1.95. The van der Waals surface area contributed by atoms with Crippen LogP contribution in [0, 0.1) is 0 Å². The Bertz CT molecular complexity index is 626. The lowest BCUT2D eigenvalue weighted by atomic mass is 10.1. The van der Waals surface area contributed by atoms with E-state index in [4.69, 9.17) is 4.74 Å². The third kappa shape index (κ3) is 4.34. The van der Waals surface area contributed by atoms with E-state index >= 15 is 0 Å². The second kappa shape index (κ2) is 5.99. The Balaban J connectivity index is 2.04. The quantitative estimate of drug-likeness (QED) is 0.878. The zero-order valence-corrected chi connectivity index (χ0v) is 12.9. The first-order valence-electron chi connectivity index (χ1n) is 6.87. The predicted octanol–water partition coefficient (Wildman–Crippen LogP) is 2.99. The van der Waals surface area contributed by atoms with Crippen LogP contribution < -0.4 is 5.32 Å². The Morgan fingerprint density at radius 1 is 1.38 bits per heavy atom. The van der Waals surface area contributed by atoms with Crippen LogP contribution in [0.2, 0.25) is 0 Å². The molecule has 1 heterocycles. The van der Waals surface area contributed by atoms with E-state index < -0.39 is 5.60 Å². The van der Waals surface area contributed by atoms with E-state index in [2.05, 4.69) is 10.3 Å². The van der Waals surface area contributed by atoms with Crippen LogP contribution in [-0.4, -0.2) is 21.1 Å². The number of carbonyl (C=O) groups is 1. The van der Waals surface area contributed by atoms with E-state index in [1.54, 1.807) is 18.5 Å². The standard InChI is InChI=1S/C16H21N3O2/c1-16(2,3)21-15(20)12-6-5-7-13(8-12)18-10-14-9-17-11-19(14)4/h5-9,11,18H,10H2,1-4H3. The first-order valence-corrected chi connectivity index (χ1v) is 6.87. The largest absolute Gasteiger partial charge is 0.456 e. The fourth-order valence-electron chi connectivity index (χ4n) is 1.84.